The first-order valence-corrected chi connectivity index (χ1v) is 3.86. The molecule has 0 aliphatic rings. The van der Waals surface area contributed by atoms with Gasteiger partial charge in [-0.25, -0.2) is 4.99 Å². The van der Waals surface area contributed by atoms with Crippen molar-refractivity contribution in [1.29, 1.82) is 0 Å². The molecule has 0 amide bonds. The molecule has 0 aromatic heterocycles. The molecule has 0 N–H and O–H groups in total. The number of allylic oxidation sites excluding steroid dienone is 2. The zero-order valence-electron chi connectivity index (χ0n) is 7.49. The molecule has 11 heavy (non-hydrogen) atoms. The van der Waals surface area contributed by atoms with E-state index in [4.69, 9.17) is 0 Å². The number of hydrogen-bond donors (Lipinski definition) is 0. The Labute approximate surface area is 68.8 Å². The second kappa shape index (κ2) is 7.19. The molecule has 0 atom stereocenters. The fraction of sp³-hybridized carbons (Fsp3) is 0.556. The van der Waals surface area contributed by atoms with Crippen LogP contribution < -0.4 is 0 Å². The van der Waals surface area contributed by atoms with Crippen LogP contribution in [0.3, 0.4) is 0 Å². The number of aliphatic imine (C=N–C) groups is 2. The van der Waals surface area contributed by atoms with Crippen molar-refractivity contribution >= 4 is 12.6 Å². The van der Waals surface area contributed by atoms with Gasteiger partial charge in [-0.05, 0) is 18.4 Å². The first-order valence-electron chi connectivity index (χ1n) is 3.86. The summed E-state index contributed by atoms with van der Waals surface area (Å²) >= 11 is 0. The van der Waals surface area contributed by atoms with Crippen molar-refractivity contribution in [2.24, 2.45) is 15.9 Å². The normalized spacial score (nSPS) is 13.1. The standard InChI is InChI=1S/C9H16N2/c1-9(2)6-4-5-7-11-8-10-3/h4-5,7-9H,6H2,1-3H3/b5-4-,10-8?,11-7?. The van der Waals surface area contributed by atoms with E-state index in [0.717, 1.165) is 12.3 Å². The summed E-state index contributed by atoms with van der Waals surface area (Å²) < 4.78 is 0. The van der Waals surface area contributed by atoms with E-state index in [1.807, 2.05) is 6.08 Å². The Hall–Kier alpha value is -0.920. The molecule has 0 aliphatic heterocycles. The predicted molar refractivity (Wildman–Crippen MR) is 51.5 cm³/mol. The molecule has 0 radical (unpaired) electrons. The fourth-order valence-corrected chi connectivity index (χ4v) is 0.566. The van der Waals surface area contributed by atoms with Gasteiger partial charge in [0.2, 0.25) is 0 Å². The molecule has 0 bridgehead atoms. The topological polar surface area (TPSA) is 24.7 Å². The van der Waals surface area contributed by atoms with Crippen LogP contribution in [-0.4, -0.2) is 19.6 Å². The smallest absolute Gasteiger partial charge is 0.109 e. The highest BCUT2D eigenvalue weighted by Gasteiger charge is 1.84. The Bertz CT molecular complexity index is 155. The molecule has 0 unspecified atom stereocenters. The molecule has 0 saturated heterocycles. The summed E-state index contributed by atoms with van der Waals surface area (Å²) in [5, 5.41) is 0. The van der Waals surface area contributed by atoms with E-state index in [-0.39, 0.29) is 0 Å². The van der Waals surface area contributed by atoms with E-state index in [2.05, 4.69) is 29.9 Å². The first-order chi connectivity index (χ1) is 5.27. The molecule has 0 aromatic rings. The third kappa shape index (κ3) is 9.08. The van der Waals surface area contributed by atoms with Crippen LogP contribution >= 0.6 is 0 Å². The molecule has 2 heteroatoms. The highest BCUT2D eigenvalue weighted by atomic mass is 14.8. The third-order valence-corrected chi connectivity index (χ3v) is 1.10. The third-order valence-electron chi connectivity index (χ3n) is 1.10. The predicted octanol–water partition coefficient (Wildman–Crippen LogP) is 2.32. The Morgan fingerprint density at radius 2 is 2.09 bits per heavy atom. The van der Waals surface area contributed by atoms with Gasteiger partial charge in [0, 0.05) is 13.3 Å². The Morgan fingerprint density at radius 3 is 2.64 bits per heavy atom. The monoisotopic (exact) mass is 152 g/mol. The molecule has 62 valence electrons. The summed E-state index contributed by atoms with van der Waals surface area (Å²) in [6, 6.07) is 0. The van der Waals surface area contributed by atoms with Crippen LogP contribution in [0.2, 0.25) is 0 Å². The van der Waals surface area contributed by atoms with E-state index in [9.17, 15) is 0 Å². The molecular formula is C9H16N2. The van der Waals surface area contributed by atoms with Gasteiger partial charge in [-0.2, -0.15) is 0 Å². The Balaban J connectivity index is 3.44. The molecule has 0 spiro atoms. The van der Waals surface area contributed by atoms with Crippen LogP contribution in [-0.2, 0) is 0 Å². The summed E-state index contributed by atoms with van der Waals surface area (Å²) in [5.41, 5.74) is 0. The van der Waals surface area contributed by atoms with Crippen LogP contribution in [0, 0.1) is 5.92 Å². The zero-order valence-corrected chi connectivity index (χ0v) is 7.49. The van der Waals surface area contributed by atoms with Gasteiger partial charge in [0.25, 0.3) is 0 Å². The van der Waals surface area contributed by atoms with Gasteiger partial charge in [-0.1, -0.05) is 19.9 Å². The van der Waals surface area contributed by atoms with Gasteiger partial charge in [0.05, 0.1) is 0 Å². The Kier molecular flexibility index (Phi) is 6.59. The summed E-state index contributed by atoms with van der Waals surface area (Å²) in [6.45, 7) is 4.38. The molecular weight excluding hydrogens is 136 g/mol. The van der Waals surface area contributed by atoms with Gasteiger partial charge in [0.1, 0.15) is 6.34 Å². The van der Waals surface area contributed by atoms with Crippen molar-refractivity contribution in [1.82, 2.24) is 0 Å². The number of hydrogen-bond acceptors (Lipinski definition) is 1. The maximum Gasteiger partial charge on any atom is 0.109 e. The largest absolute Gasteiger partial charge is 0.277 e. The second-order valence-electron chi connectivity index (χ2n) is 2.73. The zero-order chi connectivity index (χ0) is 8.53. The van der Waals surface area contributed by atoms with Gasteiger partial charge < -0.3 is 0 Å². The highest BCUT2D eigenvalue weighted by molar-refractivity contribution is 5.79. The molecule has 0 aromatic carbocycles. The Morgan fingerprint density at radius 1 is 1.36 bits per heavy atom. The maximum atomic E-state index is 3.88. The van der Waals surface area contributed by atoms with Crippen LogP contribution in [0.5, 0.6) is 0 Å². The van der Waals surface area contributed by atoms with Gasteiger partial charge in [-0.15, -0.1) is 0 Å². The lowest BCUT2D eigenvalue weighted by Gasteiger charge is -1.94. The second-order valence-corrected chi connectivity index (χ2v) is 2.73. The van der Waals surface area contributed by atoms with Crippen molar-refractivity contribution in [3.05, 3.63) is 12.2 Å². The first kappa shape index (κ1) is 10.1. The SMILES string of the molecule is CN=CN=C/C=C\CC(C)C. The summed E-state index contributed by atoms with van der Waals surface area (Å²) in [7, 11) is 1.70. The van der Waals surface area contributed by atoms with E-state index < -0.39 is 0 Å². The molecule has 0 saturated carbocycles. The minimum absolute atomic E-state index is 0.722. The number of nitrogens with zero attached hydrogens (tertiary/aromatic N) is 2. The van der Waals surface area contributed by atoms with E-state index >= 15 is 0 Å². The minimum Gasteiger partial charge on any atom is -0.277 e. The summed E-state index contributed by atoms with van der Waals surface area (Å²) in [6.07, 6.45) is 8.43. The van der Waals surface area contributed by atoms with Crippen LogP contribution in [0.15, 0.2) is 22.1 Å². The lowest BCUT2D eigenvalue weighted by Crippen LogP contribution is -1.81. The average Bonchev–Trinajstić information content (AvgIpc) is 1.96. The quantitative estimate of drug-likeness (QED) is 0.436. The van der Waals surface area contributed by atoms with E-state index in [1.54, 1.807) is 13.3 Å². The molecule has 2 nitrogen and oxygen atoms in total. The van der Waals surface area contributed by atoms with Crippen molar-refractivity contribution in [3.63, 3.8) is 0 Å². The van der Waals surface area contributed by atoms with E-state index in [1.165, 1.54) is 6.34 Å². The lowest BCUT2D eigenvalue weighted by molar-refractivity contribution is 0.664. The van der Waals surface area contributed by atoms with Gasteiger partial charge in [-0.3, -0.25) is 4.99 Å². The van der Waals surface area contributed by atoms with Crippen LogP contribution in [0.25, 0.3) is 0 Å². The fourth-order valence-electron chi connectivity index (χ4n) is 0.566. The number of rotatable bonds is 4. The van der Waals surface area contributed by atoms with Crippen molar-refractivity contribution in [2.75, 3.05) is 7.05 Å². The van der Waals surface area contributed by atoms with Crippen LogP contribution in [0.4, 0.5) is 0 Å². The minimum atomic E-state index is 0.722. The molecule has 0 fully saturated rings. The van der Waals surface area contributed by atoms with Crippen LogP contribution in [0.1, 0.15) is 20.3 Å². The summed E-state index contributed by atoms with van der Waals surface area (Å²) in [5.74, 6) is 0.722. The van der Waals surface area contributed by atoms with Crippen molar-refractivity contribution in [2.45, 2.75) is 20.3 Å². The summed E-state index contributed by atoms with van der Waals surface area (Å²) in [4.78, 5) is 7.59. The highest BCUT2D eigenvalue weighted by Crippen LogP contribution is 1.98. The average molecular weight is 152 g/mol. The van der Waals surface area contributed by atoms with Gasteiger partial charge >= 0.3 is 0 Å². The van der Waals surface area contributed by atoms with E-state index in [0.29, 0.717) is 0 Å². The van der Waals surface area contributed by atoms with Crippen molar-refractivity contribution in [3.8, 4) is 0 Å². The maximum absolute atomic E-state index is 3.88. The van der Waals surface area contributed by atoms with Crippen molar-refractivity contribution < 1.29 is 0 Å². The molecule has 0 rings (SSSR count). The van der Waals surface area contributed by atoms with Gasteiger partial charge in [0.15, 0.2) is 0 Å². The lowest BCUT2D eigenvalue weighted by atomic mass is 10.1. The molecule has 0 aliphatic carbocycles. The molecule has 0 heterocycles.